The Morgan fingerprint density at radius 1 is 0.592 bits per heavy atom. The van der Waals surface area contributed by atoms with Crippen LogP contribution in [-0.4, -0.2) is 159 Å². The van der Waals surface area contributed by atoms with Crippen LogP contribution in [0.2, 0.25) is 20.1 Å². The quantitative estimate of drug-likeness (QED) is 0.0386. The van der Waals surface area contributed by atoms with E-state index in [1.165, 1.54) is 17.0 Å². The molecule has 32 nitrogen and oxygen atoms in total. The average molecular weight is 1770 g/mol. The summed E-state index contributed by atoms with van der Waals surface area (Å²) < 4.78 is 76.0. The third kappa shape index (κ3) is 16.3. The highest BCUT2D eigenvalue weighted by molar-refractivity contribution is 6.32. The zero-order valence-electron chi connectivity index (χ0n) is 67.4. The molecule has 16 aromatic rings. The van der Waals surface area contributed by atoms with Crippen LogP contribution in [0.5, 0.6) is 23.0 Å². The molecule has 8 aromatic heterocycles. The summed E-state index contributed by atoms with van der Waals surface area (Å²) >= 11 is 25.3. The Morgan fingerprint density at radius 3 is 1.69 bits per heavy atom. The first-order valence-corrected chi connectivity index (χ1v) is 39.5. The summed E-state index contributed by atoms with van der Waals surface area (Å²) in [6, 6.07) is 48.4. The number of methoxy groups -OCH3 is 3. The first kappa shape index (κ1) is 83.9. The van der Waals surface area contributed by atoms with E-state index in [2.05, 4.69) is 103 Å². The lowest BCUT2D eigenvalue weighted by Crippen LogP contribution is -2.45. The zero-order chi connectivity index (χ0) is 87.8. The van der Waals surface area contributed by atoms with Gasteiger partial charge in [-0.05, 0) is 188 Å². The van der Waals surface area contributed by atoms with Crippen molar-refractivity contribution >= 4 is 109 Å². The van der Waals surface area contributed by atoms with Gasteiger partial charge in [-0.15, -0.1) is 20.4 Å². The number of ether oxygens (including phenoxy) is 4. The highest BCUT2D eigenvalue weighted by Crippen LogP contribution is 2.55. The fraction of sp³-hybridized carbons (Fsp3) is 0.151. The number of tetrazole rings is 4. The number of carbonyl (C=O) groups excluding carboxylic acids is 3. The Morgan fingerprint density at radius 2 is 1.15 bits per heavy atom. The second-order valence-corrected chi connectivity index (χ2v) is 30.8. The number of pyridine rings is 1. The van der Waals surface area contributed by atoms with Crippen LogP contribution in [0.1, 0.15) is 61.1 Å². The summed E-state index contributed by atoms with van der Waals surface area (Å²) in [4.78, 5) is 47.7. The Balaban J connectivity index is 0.000000144. The minimum absolute atomic E-state index is 0.0408. The summed E-state index contributed by atoms with van der Waals surface area (Å²) in [6.07, 6.45) is 4.17. The van der Waals surface area contributed by atoms with E-state index in [4.69, 9.17) is 69.9 Å². The Hall–Kier alpha value is -14.8. The van der Waals surface area contributed by atoms with Gasteiger partial charge in [0.2, 0.25) is 11.4 Å². The van der Waals surface area contributed by atoms with Crippen LogP contribution in [-0.2, 0) is 37.1 Å². The number of aromatic nitrogens is 20. The number of amides is 3. The number of nitrogens with one attached hydrogen (secondary N) is 6. The average Bonchev–Trinajstić information content (AvgIpc) is 1.57. The van der Waals surface area contributed by atoms with Crippen LogP contribution in [0.15, 0.2) is 222 Å². The number of aromatic amines is 4. The summed E-state index contributed by atoms with van der Waals surface area (Å²) in [5.74, 6) is 2.89. The molecule has 0 bridgehead atoms. The fourth-order valence-corrected chi connectivity index (χ4v) is 16.3. The Kier molecular flexibility index (Phi) is 23.2. The number of para-hydroxylation sites is 1. The molecule has 630 valence electrons. The molecule has 1 aliphatic carbocycles. The van der Waals surface area contributed by atoms with Crippen molar-refractivity contribution in [2.24, 2.45) is 14.1 Å². The molecule has 1 aliphatic heterocycles. The maximum absolute atomic E-state index is 15.5. The third-order valence-corrected chi connectivity index (χ3v) is 22.4. The number of benzene rings is 8. The highest BCUT2D eigenvalue weighted by atomic mass is 35.5. The molecule has 0 saturated carbocycles. The van der Waals surface area contributed by atoms with Crippen molar-refractivity contribution in [2.45, 2.75) is 38.5 Å². The minimum atomic E-state index is -4.66. The van der Waals surface area contributed by atoms with Crippen molar-refractivity contribution in [1.82, 2.24) is 102 Å². The molecular formula is C86H70Cl4F3N24O8+. The van der Waals surface area contributed by atoms with E-state index in [1.54, 1.807) is 145 Å². The summed E-state index contributed by atoms with van der Waals surface area (Å²) in [6.45, 7) is 3.77. The largest absolute Gasteiger partial charge is 0.493 e. The van der Waals surface area contributed by atoms with Crippen LogP contribution in [0, 0.1) is 13.8 Å². The van der Waals surface area contributed by atoms with E-state index in [0.29, 0.717) is 152 Å². The van der Waals surface area contributed by atoms with E-state index < -0.39 is 23.1 Å². The van der Waals surface area contributed by atoms with E-state index in [0.717, 1.165) is 44.6 Å². The number of fused-ring (bicyclic) bond motifs is 2. The van der Waals surface area contributed by atoms with Gasteiger partial charge in [-0.3, -0.25) is 28.8 Å². The van der Waals surface area contributed by atoms with Crippen LogP contribution in [0.4, 0.5) is 35.9 Å². The lowest BCUT2D eigenvalue weighted by molar-refractivity contribution is -0.807. The number of rotatable bonds is 20. The van der Waals surface area contributed by atoms with Gasteiger partial charge in [0.25, 0.3) is 11.8 Å². The number of H-pyrrole nitrogens is 4. The zero-order valence-corrected chi connectivity index (χ0v) is 70.5. The second kappa shape index (κ2) is 34.6. The lowest BCUT2D eigenvalue weighted by atomic mass is 9.66. The van der Waals surface area contributed by atoms with Gasteiger partial charge in [-0.1, -0.05) is 112 Å². The van der Waals surface area contributed by atoms with Gasteiger partial charge in [0, 0.05) is 120 Å². The monoisotopic (exact) mass is 1760 g/mol. The van der Waals surface area contributed by atoms with Crippen LogP contribution < -0.4 is 34.5 Å². The number of halogens is 7. The van der Waals surface area contributed by atoms with E-state index >= 15 is 4.79 Å². The molecule has 1 atom stereocenters. The van der Waals surface area contributed by atoms with Crippen LogP contribution >= 0.6 is 46.4 Å². The lowest BCUT2D eigenvalue weighted by Gasteiger charge is -2.40. The normalized spacial score (nSPS) is 13.9. The molecule has 2 aliphatic rings. The predicted molar refractivity (Wildman–Crippen MR) is 460 cm³/mol. The second-order valence-electron chi connectivity index (χ2n) is 29.0. The molecule has 18 rings (SSSR count). The van der Waals surface area contributed by atoms with Crippen LogP contribution in [0.25, 0.3) is 78.5 Å². The first-order valence-electron chi connectivity index (χ1n) is 38.0. The van der Waals surface area contributed by atoms with Gasteiger partial charge in [0.15, 0.2) is 34.8 Å². The van der Waals surface area contributed by atoms with Crippen molar-refractivity contribution in [1.29, 1.82) is 0 Å². The number of carbonyl (C=O) groups is 3. The maximum atomic E-state index is 15.5. The number of anilines is 4. The Bertz CT molecular complexity index is 6800. The summed E-state index contributed by atoms with van der Waals surface area (Å²) in [5, 5.41) is 69.8. The smallest absolute Gasteiger partial charge is 0.416 e. The van der Waals surface area contributed by atoms with Crippen molar-refractivity contribution in [3.63, 3.8) is 0 Å². The molecule has 0 saturated heterocycles. The SMILES string of the molecule is COc1ccc(-c2ccc3cc(C(=O)Nc4ccc(Cl)cc4-c4nnn[nH]4)n(C)c3c2)c(OC)c1OC.Cc1noc(C)c1C1(c2ccccc2C(F)(F)F)C=CC2=C(C1)[N+](C)(C)C(C(=O)N(c1ccc(Cl)cc1-c1nnn[nH]1)c1ccc(Cl)cc1-c1nnn[nH]1)=C2.Cn1c(C(=O)Nc2ccc(Cl)cc2-c2nnn[nH]2)cc2cccc(OCc3cccnc3)c21. The third-order valence-electron chi connectivity index (χ3n) is 21.4. The number of likely N-dealkylation sites (N-methyl/N-ethyl adjacent to an activating group) is 1. The van der Waals surface area contributed by atoms with Gasteiger partial charge >= 0.3 is 12.1 Å². The molecule has 1 unspecified atom stereocenters. The molecule has 9 heterocycles. The van der Waals surface area contributed by atoms with Crippen LogP contribution in [0.3, 0.4) is 0 Å². The van der Waals surface area contributed by atoms with Gasteiger partial charge in [-0.25, -0.2) is 20.4 Å². The molecule has 0 radical (unpaired) electrons. The molecule has 0 spiro atoms. The topological polar surface area (TPSA) is 382 Å². The van der Waals surface area contributed by atoms with Gasteiger partial charge in [0.05, 0.1) is 80.4 Å². The highest BCUT2D eigenvalue weighted by Gasteiger charge is 2.52. The molecule has 0 fully saturated rings. The van der Waals surface area contributed by atoms with Crippen molar-refractivity contribution in [3.05, 3.63) is 283 Å². The minimum Gasteiger partial charge on any atom is -0.493 e. The predicted octanol–water partition coefficient (Wildman–Crippen LogP) is 17.0. The molecular weight excluding hydrogens is 1700 g/mol. The number of nitrogens with zero attached hydrogens (tertiary/aromatic N) is 18. The van der Waals surface area contributed by atoms with E-state index in [-0.39, 0.29) is 39.9 Å². The molecule has 125 heavy (non-hydrogen) atoms. The van der Waals surface area contributed by atoms with Crippen molar-refractivity contribution in [2.75, 3.05) is 51.0 Å². The van der Waals surface area contributed by atoms with Gasteiger partial charge in [0.1, 0.15) is 35.2 Å². The summed E-state index contributed by atoms with van der Waals surface area (Å²) in [7, 11) is 12.1. The first-order chi connectivity index (χ1) is 60.2. The standard InChI is InChI=1S/C37H29Cl2F3N11O2.C26H23ClN6O4.C23H18ClN7O2/c1-19-32(20(2)55-47-19)36(26-7-5-6-8-27(26)37(40,41)42)14-13-21-15-30(53(3,4)31(21)18-36)35(54)52(28-11-9-22(38)16-24(28)33-43-48-49-44-33)29-12-10-23(39)17-25(29)34-45-50-51-46-34;1-33-20-11-14(17-8-10-22(35-2)24(37-4)23(17)36-3)5-6-15(20)12-21(33)26(34)28-19-9-7-16(27)13-18(19)25-29-31-32-30-25;1-31-19(23(32)26-18-8-7-16(24)11-17(18)22-27-29-30-28-22)10-15-5-2-6-20(21(15)31)33-13-14-4-3-9-25-12-14/h5-17H,18H2,1-4H3,(H,43,44,48,49)(H,45,46,50,51);5-13H,1-4H3,(H,28,34)(H,29,30,31,32);2-12H,13H2,1H3,(H,26,32)(H,27,28,29,30)/q+1;;. The molecule has 3 amide bonds. The Labute approximate surface area is 727 Å². The van der Waals surface area contributed by atoms with E-state index in [1.807, 2.05) is 110 Å². The number of aryl methyl sites for hydroxylation is 4. The van der Waals surface area contributed by atoms with Crippen molar-refractivity contribution in [3.8, 4) is 79.7 Å². The number of allylic oxidation sites excluding steroid dienone is 5. The molecule has 8 aromatic carbocycles. The van der Waals surface area contributed by atoms with E-state index in [9.17, 15) is 22.8 Å². The maximum Gasteiger partial charge on any atom is 0.416 e. The number of quaternary nitrogens is 1. The number of hydrogen-bond donors (Lipinski definition) is 6. The number of hydrogen-bond acceptors (Lipinski definition) is 22. The van der Waals surface area contributed by atoms with Gasteiger partial charge in [-0.2, -0.15) is 13.2 Å². The van der Waals surface area contributed by atoms with Gasteiger partial charge < -0.3 is 43.2 Å². The molecule has 6 N–H and O–H groups in total. The molecule has 39 heteroatoms. The van der Waals surface area contributed by atoms with Crippen molar-refractivity contribution < 1.29 is 55.5 Å². The fourth-order valence-electron chi connectivity index (χ4n) is 15.7. The number of alkyl halides is 3. The summed E-state index contributed by atoms with van der Waals surface area (Å²) in [5.41, 5.74) is 9.55.